The lowest BCUT2D eigenvalue weighted by Crippen LogP contribution is -2.47. The zero-order chi connectivity index (χ0) is 30.6. The number of piperidine rings is 1. The summed E-state index contributed by atoms with van der Waals surface area (Å²) in [7, 11) is 0. The summed E-state index contributed by atoms with van der Waals surface area (Å²) in [5, 5.41) is 23.8. The average Bonchev–Trinajstić information content (AvgIpc) is 3.53. The molecule has 1 spiro atoms. The average molecular weight is 612 g/mol. The number of phenolic OH excluding ortho intramolecular Hbond substituents is 1. The van der Waals surface area contributed by atoms with Crippen molar-refractivity contribution < 1.29 is 22.7 Å². The zero-order valence-corrected chi connectivity index (χ0v) is 25.0. The van der Waals surface area contributed by atoms with Gasteiger partial charge in [0.1, 0.15) is 16.6 Å². The molecule has 2 aliphatic heterocycles. The molecular formula is C32H33F4N5OS. The van der Waals surface area contributed by atoms with Crippen LogP contribution in [0.1, 0.15) is 44.7 Å². The molecule has 3 aromatic carbocycles. The largest absolute Gasteiger partial charge is 0.506 e. The van der Waals surface area contributed by atoms with Gasteiger partial charge in [0.2, 0.25) is 5.13 Å². The molecule has 11 heteroatoms. The molecule has 0 unspecified atom stereocenters. The standard InChI is InChI=1S/C32H33F4N5OS/c1-30(2,3)18-40-15-13-31(14-16-40)19-41(27-25(42)12-11-22(26(27)31)32(34,35)36)24-10-5-4-9-23(24)37-29-39-38-28(43-29)20-7-6-8-21(33)17-20/h4-12,17,42H,13-16,18-19H2,1-3H3,(H,37,39). The van der Waals surface area contributed by atoms with Gasteiger partial charge in [-0.2, -0.15) is 13.2 Å². The molecule has 2 N–H and O–H groups in total. The van der Waals surface area contributed by atoms with Crippen LogP contribution in [0.4, 0.5) is 39.8 Å². The molecule has 1 aromatic heterocycles. The fraction of sp³-hybridized carbons (Fsp3) is 0.375. The number of para-hydroxylation sites is 2. The molecule has 0 amide bonds. The van der Waals surface area contributed by atoms with Crippen LogP contribution >= 0.6 is 11.3 Å². The lowest BCUT2D eigenvalue weighted by molar-refractivity contribution is -0.138. The molecule has 4 aromatic rings. The Hall–Kier alpha value is -3.70. The smallest absolute Gasteiger partial charge is 0.416 e. The SMILES string of the molecule is CC(C)(C)CN1CCC2(CC1)CN(c1ccccc1Nc1nnc(-c3cccc(F)c3)s1)c1c(O)ccc(C(F)(F)F)c12. The maximum absolute atomic E-state index is 14.5. The summed E-state index contributed by atoms with van der Waals surface area (Å²) in [6.45, 7) is 8.98. The molecule has 0 radical (unpaired) electrons. The first kappa shape index (κ1) is 29.4. The van der Waals surface area contributed by atoms with E-state index in [9.17, 15) is 22.7 Å². The number of likely N-dealkylation sites (tertiary alicyclic amines) is 1. The van der Waals surface area contributed by atoms with E-state index in [1.165, 1.54) is 23.5 Å². The summed E-state index contributed by atoms with van der Waals surface area (Å²) in [4.78, 5) is 4.14. The third-order valence-electron chi connectivity index (χ3n) is 8.17. The predicted octanol–water partition coefficient (Wildman–Crippen LogP) is 8.34. The van der Waals surface area contributed by atoms with Crippen molar-refractivity contribution in [2.24, 2.45) is 5.41 Å². The molecule has 226 valence electrons. The number of benzene rings is 3. The van der Waals surface area contributed by atoms with Crippen molar-refractivity contribution in [3.05, 3.63) is 77.6 Å². The highest BCUT2D eigenvalue weighted by atomic mass is 32.1. The second-order valence-corrected chi connectivity index (χ2v) is 13.6. The van der Waals surface area contributed by atoms with Gasteiger partial charge in [-0.25, -0.2) is 4.39 Å². The van der Waals surface area contributed by atoms with Crippen molar-refractivity contribution in [3.8, 4) is 16.3 Å². The number of halogens is 4. The number of phenols is 1. The lowest BCUT2D eigenvalue weighted by Gasteiger charge is -2.42. The first-order chi connectivity index (χ1) is 20.3. The van der Waals surface area contributed by atoms with Crippen molar-refractivity contribution in [2.75, 3.05) is 36.4 Å². The highest BCUT2D eigenvalue weighted by molar-refractivity contribution is 7.18. The molecule has 0 aliphatic carbocycles. The fourth-order valence-electron chi connectivity index (χ4n) is 6.45. The number of rotatable bonds is 5. The van der Waals surface area contributed by atoms with Crippen LogP contribution in [0.5, 0.6) is 5.75 Å². The number of aromatic hydroxyl groups is 1. The monoisotopic (exact) mass is 611 g/mol. The molecule has 2 aliphatic rings. The fourth-order valence-corrected chi connectivity index (χ4v) is 7.21. The lowest BCUT2D eigenvalue weighted by atomic mass is 9.72. The first-order valence-electron chi connectivity index (χ1n) is 14.2. The van der Waals surface area contributed by atoms with Crippen molar-refractivity contribution in [2.45, 2.75) is 45.2 Å². The van der Waals surface area contributed by atoms with Crippen LogP contribution in [-0.2, 0) is 11.6 Å². The van der Waals surface area contributed by atoms with Gasteiger partial charge in [0, 0.05) is 24.1 Å². The Kier molecular flexibility index (Phi) is 7.37. The number of nitrogens with zero attached hydrogens (tertiary/aromatic N) is 4. The Labute approximate surface area is 252 Å². The number of anilines is 4. The minimum absolute atomic E-state index is 0.0728. The van der Waals surface area contributed by atoms with Gasteiger partial charge in [-0.05, 0) is 73.3 Å². The molecule has 1 fully saturated rings. The Morgan fingerprint density at radius 1 is 0.977 bits per heavy atom. The van der Waals surface area contributed by atoms with Gasteiger partial charge in [-0.3, -0.25) is 0 Å². The molecule has 6 rings (SSSR count). The minimum atomic E-state index is -4.57. The number of aromatic nitrogens is 2. The molecule has 43 heavy (non-hydrogen) atoms. The van der Waals surface area contributed by atoms with E-state index >= 15 is 0 Å². The van der Waals surface area contributed by atoms with Crippen LogP contribution in [0.25, 0.3) is 10.6 Å². The van der Waals surface area contributed by atoms with E-state index in [-0.39, 0.29) is 28.2 Å². The second kappa shape index (κ2) is 10.8. The molecular weight excluding hydrogens is 578 g/mol. The van der Waals surface area contributed by atoms with E-state index in [1.54, 1.807) is 12.1 Å². The van der Waals surface area contributed by atoms with Gasteiger partial charge in [0.25, 0.3) is 0 Å². The predicted molar refractivity (Wildman–Crippen MR) is 162 cm³/mol. The maximum atomic E-state index is 14.5. The van der Waals surface area contributed by atoms with Gasteiger partial charge < -0.3 is 20.2 Å². The zero-order valence-electron chi connectivity index (χ0n) is 24.2. The Balaban J connectivity index is 1.38. The summed E-state index contributed by atoms with van der Waals surface area (Å²) in [5.74, 6) is -0.562. The van der Waals surface area contributed by atoms with Crippen molar-refractivity contribution >= 4 is 33.5 Å². The Bertz CT molecular complexity index is 1640. The topological polar surface area (TPSA) is 64.5 Å². The van der Waals surface area contributed by atoms with Crippen molar-refractivity contribution in [1.82, 2.24) is 15.1 Å². The Morgan fingerprint density at radius 2 is 1.72 bits per heavy atom. The molecule has 1 saturated heterocycles. The van der Waals surface area contributed by atoms with E-state index in [4.69, 9.17) is 0 Å². The molecule has 0 bridgehead atoms. The summed E-state index contributed by atoms with van der Waals surface area (Å²) in [5.41, 5.74) is 0.791. The summed E-state index contributed by atoms with van der Waals surface area (Å²) < 4.78 is 57.3. The van der Waals surface area contributed by atoms with E-state index in [1.807, 2.05) is 29.2 Å². The van der Waals surface area contributed by atoms with E-state index in [2.05, 4.69) is 41.2 Å². The van der Waals surface area contributed by atoms with Crippen molar-refractivity contribution in [1.29, 1.82) is 0 Å². The summed E-state index contributed by atoms with van der Waals surface area (Å²) >= 11 is 1.24. The number of fused-ring (bicyclic) bond motifs is 2. The second-order valence-electron chi connectivity index (χ2n) is 12.6. The van der Waals surface area contributed by atoms with E-state index in [0.717, 1.165) is 18.7 Å². The summed E-state index contributed by atoms with van der Waals surface area (Å²) in [6.07, 6.45) is -3.48. The van der Waals surface area contributed by atoms with Crippen LogP contribution in [0.3, 0.4) is 0 Å². The molecule has 0 saturated carbocycles. The van der Waals surface area contributed by atoms with Crippen LogP contribution in [0.2, 0.25) is 0 Å². The normalized spacial score (nSPS) is 17.0. The molecule has 0 atom stereocenters. The number of hydrogen-bond acceptors (Lipinski definition) is 7. The van der Waals surface area contributed by atoms with Gasteiger partial charge >= 0.3 is 6.18 Å². The van der Waals surface area contributed by atoms with Crippen LogP contribution in [-0.4, -0.2) is 46.4 Å². The third-order valence-corrected chi connectivity index (χ3v) is 9.05. The third kappa shape index (κ3) is 5.80. The number of hydrogen-bond donors (Lipinski definition) is 2. The molecule has 3 heterocycles. The van der Waals surface area contributed by atoms with Gasteiger partial charge in [0.05, 0.1) is 22.6 Å². The minimum Gasteiger partial charge on any atom is -0.506 e. The van der Waals surface area contributed by atoms with E-state index < -0.39 is 17.2 Å². The maximum Gasteiger partial charge on any atom is 0.416 e. The van der Waals surface area contributed by atoms with Gasteiger partial charge in [-0.1, -0.05) is 56.4 Å². The highest BCUT2D eigenvalue weighted by Gasteiger charge is 2.52. The van der Waals surface area contributed by atoms with Gasteiger partial charge in [0.15, 0.2) is 0 Å². The highest BCUT2D eigenvalue weighted by Crippen LogP contribution is 2.57. The van der Waals surface area contributed by atoms with E-state index in [0.29, 0.717) is 59.6 Å². The van der Waals surface area contributed by atoms with Crippen LogP contribution in [0, 0.1) is 11.2 Å². The molecule has 6 nitrogen and oxygen atoms in total. The number of alkyl halides is 3. The van der Waals surface area contributed by atoms with Crippen LogP contribution < -0.4 is 10.2 Å². The Morgan fingerprint density at radius 3 is 2.42 bits per heavy atom. The number of nitrogens with one attached hydrogen (secondary N) is 1. The van der Waals surface area contributed by atoms with Gasteiger partial charge in [-0.15, -0.1) is 10.2 Å². The van der Waals surface area contributed by atoms with Crippen molar-refractivity contribution in [3.63, 3.8) is 0 Å². The first-order valence-corrected chi connectivity index (χ1v) is 15.0. The van der Waals surface area contributed by atoms with Crippen LogP contribution in [0.15, 0.2) is 60.7 Å². The summed E-state index contributed by atoms with van der Waals surface area (Å²) in [6, 6.07) is 15.5. The quantitative estimate of drug-likeness (QED) is 0.221.